The summed E-state index contributed by atoms with van der Waals surface area (Å²) in [5.74, 6) is 0.568. The van der Waals surface area contributed by atoms with Gasteiger partial charge in [0.15, 0.2) is 0 Å². The molecule has 212 valence electrons. The highest BCUT2D eigenvalue weighted by molar-refractivity contribution is 5.99. The fraction of sp³-hybridized carbons (Fsp3) is 0.281. The van der Waals surface area contributed by atoms with E-state index in [-0.39, 0.29) is 18.4 Å². The number of carbonyl (C=O) groups is 2. The number of carbonyl (C=O) groups excluding carboxylic acids is 2. The van der Waals surface area contributed by atoms with Crippen LogP contribution in [0.15, 0.2) is 91.1 Å². The monoisotopic (exact) mass is 553 g/mol. The molecule has 9 heteroatoms. The number of anilines is 1. The van der Waals surface area contributed by atoms with Gasteiger partial charge in [-0.25, -0.2) is 4.98 Å². The highest BCUT2D eigenvalue weighted by atomic mass is 16.5. The second-order valence-corrected chi connectivity index (χ2v) is 9.71. The van der Waals surface area contributed by atoms with Gasteiger partial charge in [0.1, 0.15) is 12.3 Å². The molecule has 1 aliphatic heterocycles. The quantitative estimate of drug-likeness (QED) is 0.297. The molecule has 0 radical (unpaired) electrons. The molecule has 2 heterocycles. The predicted molar refractivity (Wildman–Crippen MR) is 158 cm³/mol. The lowest BCUT2D eigenvalue weighted by atomic mass is 10.2. The molecule has 5 rings (SSSR count). The maximum atomic E-state index is 13.5. The van der Waals surface area contributed by atoms with E-state index in [1.54, 1.807) is 17.0 Å². The van der Waals surface area contributed by atoms with E-state index in [0.29, 0.717) is 50.1 Å². The third-order valence-corrected chi connectivity index (χ3v) is 6.87. The molecule has 0 saturated carbocycles. The number of nitrogens with zero attached hydrogens (tertiary/aromatic N) is 4. The number of hydrogen-bond donors (Lipinski definition) is 1. The number of imidazole rings is 1. The van der Waals surface area contributed by atoms with Gasteiger partial charge >= 0.3 is 0 Å². The number of morpholine rings is 1. The van der Waals surface area contributed by atoms with E-state index >= 15 is 0 Å². The fourth-order valence-electron chi connectivity index (χ4n) is 4.74. The summed E-state index contributed by atoms with van der Waals surface area (Å²) in [6.07, 6.45) is 1.89. The number of nitrogens with one attached hydrogen (secondary N) is 1. The smallest absolute Gasteiger partial charge is 0.254 e. The SMILES string of the molecule is CCOc1cccc(-n2cc(-c3ccccc3)nc2NC(=O)CN(CCN2CCOCC2)C(=O)c2ccccc2)c1. The van der Waals surface area contributed by atoms with Crippen LogP contribution in [0.1, 0.15) is 17.3 Å². The van der Waals surface area contributed by atoms with Gasteiger partial charge in [-0.2, -0.15) is 0 Å². The molecule has 1 aromatic heterocycles. The minimum absolute atomic E-state index is 0.107. The number of hydrogen-bond acceptors (Lipinski definition) is 6. The molecule has 0 unspecified atom stereocenters. The number of amides is 2. The van der Waals surface area contributed by atoms with Gasteiger partial charge in [0.05, 0.1) is 31.2 Å². The number of benzene rings is 3. The van der Waals surface area contributed by atoms with Crippen LogP contribution in [0.25, 0.3) is 16.9 Å². The zero-order valence-corrected chi connectivity index (χ0v) is 23.2. The molecule has 2 amide bonds. The summed E-state index contributed by atoms with van der Waals surface area (Å²) in [7, 11) is 0. The largest absolute Gasteiger partial charge is 0.494 e. The molecule has 1 N–H and O–H groups in total. The van der Waals surface area contributed by atoms with Gasteiger partial charge in [-0.15, -0.1) is 0 Å². The van der Waals surface area contributed by atoms with Crippen molar-refractivity contribution in [3.63, 3.8) is 0 Å². The summed E-state index contributed by atoms with van der Waals surface area (Å²) >= 11 is 0. The number of ether oxygens (including phenoxy) is 2. The Labute approximate surface area is 240 Å². The highest BCUT2D eigenvalue weighted by Gasteiger charge is 2.22. The fourth-order valence-corrected chi connectivity index (χ4v) is 4.74. The van der Waals surface area contributed by atoms with Crippen molar-refractivity contribution < 1.29 is 19.1 Å². The number of rotatable bonds is 11. The molecular formula is C32H35N5O4. The zero-order valence-electron chi connectivity index (χ0n) is 23.2. The topological polar surface area (TPSA) is 88.9 Å². The Morgan fingerprint density at radius 3 is 2.44 bits per heavy atom. The average Bonchev–Trinajstić information content (AvgIpc) is 3.44. The molecular weight excluding hydrogens is 518 g/mol. The van der Waals surface area contributed by atoms with Crippen LogP contribution >= 0.6 is 0 Å². The molecule has 0 bridgehead atoms. The van der Waals surface area contributed by atoms with Crippen molar-refractivity contribution in [1.82, 2.24) is 19.4 Å². The van der Waals surface area contributed by atoms with Gasteiger partial charge in [-0.3, -0.25) is 24.4 Å². The van der Waals surface area contributed by atoms with Crippen molar-refractivity contribution in [2.24, 2.45) is 0 Å². The first-order valence-corrected chi connectivity index (χ1v) is 13.9. The Kier molecular flexibility index (Phi) is 9.41. The van der Waals surface area contributed by atoms with Crippen molar-refractivity contribution in [3.05, 3.63) is 96.7 Å². The summed E-state index contributed by atoms with van der Waals surface area (Å²) < 4.78 is 13.0. The predicted octanol–water partition coefficient (Wildman–Crippen LogP) is 4.35. The lowest BCUT2D eigenvalue weighted by molar-refractivity contribution is -0.117. The van der Waals surface area contributed by atoms with Crippen molar-refractivity contribution >= 4 is 17.8 Å². The molecule has 1 aliphatic rings. The lowest BCUT2D eigenvalue weighted by Gasteiger charge is -2.30. The van der Waals surface area contributed by atoms with E-state index in [0.717, 1.165) is 30.1 Å². The van der Waals surface area contributed by atoms with E-state index in [2.05, 4.69) is 10.2 Å². The van der Waals surface area contributed by atoms with E-state index < -0.39 is 0 Å². The molecule has 41 heavy (non-hydrogen) atoms. The number of aromatic nitrogens is 2. The Morgan fingerprint density at radius 1 is 0.976 bits per heavy atom. The van der Waals surface area contributed by atoms with E-state index in [9.17, 15) is 9.59 Å². The van der Waals surface area contributed by atoms with Crippen LogP contribution in [0, 0.1) is 0 Å². The van der Waals surface area contributed by atoms with E-state index in [1.165, 1.54) is 0 Å². The first kappa shape index (κ1) is 28.1. The lowest BCUT2D eigenvalue weighted by Crippen LogP contribution is -2.45. The molecule has 9 nitrogen and oxygen atoms in total. The van der Waals surface area contributed by atoms with Crippen molar-refractivity contribution in [3.8, 4) is 22.7 Å². The maximum absolute atomic E-state index is 13.5. The second-order valence-electron chi connectivity index (χ2n) is 9.71. The van der Waals surface area contributed by atoms with Crippen LogP contribution in [0.5, 0.6) is 5.75 Å². The Balaban J connectivity index is 1.39. The van der Waals surface area contributed by atoms with Crippen LogP contribution in [0.4, 0.5) is 5.95 Å². The van der Waals surface area contributed by atoms with Crippen LogP contribution < -0.4 is 10.1 Å². The molecule has 0 atom stereocenters. The minimum Gasteiger partial charge on any atom is -0.494 e. The molecule has 1 saturated heterocycles. The first-order chi connectivity index (χ1) is 20.1. The van der Waals surface area contributed by atoms with Crippen molar-refractivity contribution in [2.75, 3.05) is 57.9 Å². The van der Waals surface area contributed by atoms with Crippen molar-refractivity contribution in [2.45, 2.75) is 6.92 Å². The average molecular weight is 554 g/mol. The van der Waals surface area contributed by atoms with Gasteiger partial charge in [-0.1, -0.05) is 54.6 Å². The summed E-state index contributed by atoms with van der Waals surface area (Å²) in [4.78, 5) is 35.6. The second kappa shape index (κ2) is 13.7. The van der Waals surface area contributed by atoms with Crippen LogP contribution in [-0.4, -0.2) is 83.7 Å². The normalized spacial score (nSPS) is 13.5. The van der Waals surface area contributed by atoms with Gasteiger partial charge in [-0.05, 0) is 31.2 Å². The van der Waals surface area contributed by atoms with E-state index in [1.807, 2.05) is 90.5 Å². The summed E-state index contributed by atoms with van der Waals surface area (Å²) in [6.45, 7) is 6.40. The molecule has 0 aliphatic carbocycles. The Bertz CT molecular complexity index is 1430. The van der Waals surface area contributed by atoms with Gasteiger partial charge < -0.3 is 14.4 Å². The molecule has 0 spiro atoms. The summed E-state index contributed by atoms with van der Waals surface area (Å²) in [5.41, 5.74) is 2.98. The van der Waals surface area contributed by atoms with Crippen LogP contribution in [0.2, 0.25) is 0 Å². The van der Waals surface area contributed by atoms with Crippen LogP contribution in [0.3, 0.4) is 0 Å². The maximum Gasteiger partial charge on any atom is 0.254 e. The van der Waals surface area contributed by atoms with Gasteiger partial charge in [0, 0.05) is 49.6 Å². The summed E-state index contributed by atoms with van der Waals surface area (Å²) in [5, 5.41) is 2.97. The van der Waals surface area contributed by atoms with E-state index in [4.69, 9.17) is 14.5 Å². The third kappa shape index (κ3) is 7.39. The van der Waals surface area contributed by atoms with Crippen molar-refractivity contribution in [1.29, 1.82) is 0 Å². The summed E-state index contributed by atoms with van der Waals surface area (Å²) in [6, 6.07) is 26.5. The third-order valence-electron chi connectivity index (χ3n) is 6.87. The van der Waals surface area contributed by atoms with Gasteiger partial charge in [0.2, 0.25) is 11.9 Å². The highest BCUT2D eigenvalue weighted by Crippen LogP contribution is 2.26. The molecule has 4 aromatic rings. The Hall–Kier alpha value is -4.47. The molecule has 3 aromatic carbocycles. The van der Waals surface area contributed by atoms with Gasteiger partial charge in [0.25, 0.3) is 5.91 Å². The Morgan fingerprint density at radius 2 is 1.71 bits per heavy atom. The van der Waals surface area contributed by atoms with Crippen LogP contribution in [-0.2, 0) is 9.53 Å². The first-order valence-electron chi connectivity index (χ1n) is 13.9. The zero-order chi connectivity index (χ0) is 28.4. The standard InChI is InChI=1S/C32H35N5O4/c1-2-41-28-15-9-14-27(22-28)37-23-29(25-10-5-3-6-11-25)33-32(37)34-30(38)24-36(17-16-35-18-20-40-21-19-35)31(39)26-12-7-4-8-13-26/h3-15,22-23H,2,16-21,24H2,1H3,(H,33,34,38). The molecule has 1 fully saturated rings. The minimum atomic E-state index is -0.330.